The number of halogens is 6. The molecule has 0 saturated carbocycles. The van der Waals surface area contributed by atoms with E-state index in [1.807, 2.05) is 0 Å². The number of carbonyl (C=O) groups is 1. The number of carboxylic acid groups (broad SMARTS) is 1. The molecule has 1 aliphatic carbocycles. The number of aromatic carboxylic acids is 1. The Labute approximate surface area is 193 Å². The highest BCUT2D eigenvalue weighted by atomic mass is 19.4. The van der Waals surface area contributed by atoms with E-state index in [4.69, 9.17) is 4.42 Å². The van der Waals surface area contributed by atoms with Crippen LogP contribution in [-0.4, -0.2) is 36.5 Å². The Morgan fingerprint density at radius 2 is 1.66 bits per heavy atom. The molecule has 2 N–H and O–H groups in total. The third-order valence-electron chi connectivity index (χ3n) is 5.07. The van der Waals surface area contributed by atoms with Crippen LogP contribution < -0.4 is 10.7 Å². The minimum Gasteiger partial charge on any atom is -0.478 e. The van der Waals surface area contributed by atoms with Gasteiger partial charge in [0.25, 0.3) is 0 Å². The number of rotatable bonds is 5. The zero-order valence-corrected chi connectivity index (χ0v) is 17.7. The highest BCUT2D eigenvalue weighted by Crippen LogP contribution is 2.41. The molecular weight excluding hydrogens is 478 g/mol. The third-order valence-corrected chi connectivity index (χ3v) is 5.07. The van der Waals surface area contributed by atoms with Crippen molar-refractivity contribution in [3.63, 3.8) is 0 Å². The normalized spacial score (nSPS) is 12.9. The van der Waals surface area contributed by atoms with Crippen molar-refractivity contribution in [1.29, 1.82) is 0 Å². The van der Waals surface area contributed by atoms with Crippen molar-refractivity contribution < 1.29 is 40.7 Å². The SMILES string of the molecule is O=C(O)c1ccccc1-c1c2ccc(=NCC(F)(F)F)cc-2oc2cc(NCC(F)(F)F)ccc12. The summed E-state index contributed by atoms with van der Waals surface area (Å²) in [6, 6.07) is 14.4. The summed E-state index contributed by atoms with van der Waals surface area (Å²) in [6.07, 6.45) is -8.98. The summed E-state index contributed by atoms with van der Waals surface area (Å²) in [7, 11) is 0. The molecule has 1 heterocycles. The minimum absolute atomic E-state index is 0.0262. The first-order valence-electron chi connectivity index (χ1n) is 10.1. The van der Waals surface area contributed by atoms with Crippen molar-refractivity contribution in [2.45, 2.75) is 12.4 Å². The van der Waals surface area contributed by atoms with Gasteiger partial charge in [-0.2, -0.15) is 26.3 Å². The highest BCUT2D eigenvalue weighted by molar-refractivity contribution is 6.07. The Morgan fingerprint density at radius 3 is 2.34 bits per heavy atom. The Balaban J connectivity index is 1.98. The molecule has 0 spiro atoms. The minimum atomic E-state index is -4.51. The fraction of sp³-hybridized carbons (Fsp3) is 0.167. The van der Waals surface area contributed by atoms with Gasteiger partial charge in [0.2, 0.25) is 0 Å². The molecule has 0 saturated heterocycles. The average Bonchev–Trinajstić information content (AvgIpc) is 2.78. The van der Waals surface area contributed by atoms with E-state index in [9.17, 15) is 36.2 Å². The maximum absolute atomic E-state index is 12.6. The summed E-state index contributed by atoms with van der Waals surface area (Å²) in [6.45, 7) is -2.70. The lowest BCUT2D eigenvalue weighted by molar-refractivity contribution is -0.118. The second kappa shape index (κ2) is 8.97. The van der Waals surface area contributed by atoms with E-state index in [-0.39, 0.29) is 28.0 Å². The molecule has 2 aromatic carbocycles. The van der Waals surface area contributed by atoms with Crippen LogP contribution >= 0.6 is 0 Å². The zero-order valence-electron chi connectivity index (χ0n) is 17.7. The molecule has 0 bridgehead atoms. The van der Waals surface area contributed by atoms with E-state index in [0.29, 0.717) is 22.1 Å². The Bertz CT molecular complexity index is 1440. The molecule has 11 heteroatoms. The van der Waals surface area contributed by atoms with Gasteiger partial charge in [0.15, 0.2) is 0 Å². The van der Waals surface area contributed by atoms with Crippen LogP contribution in [-0.2, 0) is 0 Å². The summed E-state index contributed by atoms with van der Waals surface area (Å²) < 4.78 is 81.6. The van der Waals surface area contributed by atoms with Gasteiger partial charge < -0.3 is 14.8 Å². The molecule has 0 aromatic heterocycles. The van der Waals surface area contributed by atoms with Crippen molar-refractivity contribution in [1.82, 2.24) is 0 Å². The lowest BCUT2D eigenvalue weighted by Crippen LogP contribution is -2.21. The second-order valence-electron chi connectivity index (χ2n) is 7.62. The number of benzene rings is 3. The monoisotopic (exact) mass is 494 g/mol. The van der Waals surface area contributed by atoms with Gasteiger partial charge in [0, 0.05) is 34.3 Å². The van der Waals surface area contributed by atoms with Crippen LogP contribution in [0.2, 0.25) is 0 Å². The van der Waals surface area contributed by atoms with E-state index < -0.39 is 31.4 Å². The van der Waals surface area contributed by atoms with Crippen LogP contribution in [0.1, 0.15) is 10.4 Å². The number of carboxylic acids is 1. The number of hydrogen-bond donors (Lipinski definition) is 2. The first kappa shape index (κ1) is 24.1. The zero-order chi connectivity index (χ0) is 25.4. The van der Waals surface area contributed by atoms with Crippen LogP contribution in [0.3, 0.4) is 0 Å². The average molecular weight is 494 g/mol. The maximum Gasteiger partial charge on any atom is 0.407 e. The molecule has 182 valence electrons. The van der Waals surface area contributed by atoms with Gasteiger partial charge in [-0.25, -0.2) is 4.79 Å². The van der Waals surface area contributed by atoms with Gasteiger partial charge >= 0.3 is 18.3 Å². The van der Waals surface area contributed by atoms with Crippen LogP contribution in [0.5, 0.6) is 0 Å². The quantitative estimate of drug-likeness (QED) is 0.251. The van der Waals surface area contributed by atoms with Crippen molar-refractivity contribution >= 4 is 22.6 Å². The summed E-state index contributed by atoms with van der Waals surface area (Å²) in [5.41, 5.74) is 1.27. The summed E-state index contributed by atoms with van der Waals surface area (Å²) >= 11 is 0. The van der Waals surface area contributed by atoms with Crippen molar-refractivity contribution in [3.8, 4) is 22.5 Å². The molecule has 0 amide bonds. The molecule has 5 nitrogen and oxygen atoms in total. The predicted molar refractivity (Wildman–Crippen MR) is 116 cm³/mol. The van der Waals surface area contributed by atoms with Crippen LogP contribution in [0.25, 0.3) is 33.4 Å². The molecule has 1 aliphatic heterocycles. The maximum atomic E-state index is 12.6. The number of anilines is 1. The molecule has 0 radical (unpaired) electrons. The fourth-order valence-corrected chi connectivity index (χ4v) is 3.65. The number of fused-ring (bicyclic) bond motifs is 2. The fourth-order valence-electron chi connectivity index (χ4n) is 3.65. The van der Waals surface area contributed by atoms with Gasteiger partial charge in [-0.05, 0) is 35.9 Å². The van der Waals surface area contributed by atoms with Gasteiger partial charge in [-0.1, -0.05) is 18.2 Å². The van der Waals surface area contributed by atoms with E-state index in [1.54, 1.807) is 12.1 Å². The Morgan fingerprint density at radius 1 is 0.914 bits per heavy atom. The summed E-state index contributed by atoms with van der Waals surface area (Å²) in [5.74, 6) is -1.12. The lowest BCUT2D eigenvalue weighted by atomic mass is 9.90. The molecule has 35 heavy (non-hydrogen) atoms. The Kier molecular flexibility index (Phi) is 6.18. The topological polar surface area (TPSA) is 74.8 Å². The highest BCUT2D eigenvalue weighted by Gasteiger charge is 2.28. The van der Waals surface area contributed by atoms with Crippen molar-refractivity contribution in [2.75, 3.05) is 18.4 Å². The first-order chi connectivity index (χ1) is 16.4. The first-order valence-corrected chi connectivity index (χ1v) is 10.1. The largest absolute Gasteiger partial charge is 0.478 e. The van der Waals surface area contributed by atoms with Gasteiger partial charge in [0.05, 0.1) is 10.9 Å². The predicted octanol–water partition coefficient (Wildman–Crippen LogP) is 6.34. The molecule has 0 atom stereocenters. The van der Waals surface area contributed by atoms with Gasteiger partial charge in [-0.3, -0.25) is 4.99 Å². The molecule has 4 rings (SSSR count). The number of nitrogens with zero attached hydrogens (tertiary/aromatic N) is 1. The van der Waals surface area contributed by atoms with Crippen LogP contribution in [0.4, 0.5) is 32.0 Å². The van der Waals surface area contributed by atoms with Crippen LogP contribution in [0, 0.1) is 0 Å². The van der Waals surface area contributed by atoms with E-state index in [2.05, 4.69) is 10.3 Å². The van der Waals surface area contributed by atoms with Crippen molar-refractivity contribution in [2.24, 2.45) is 4.99 Å². The van der Waals surface area contributed by atoms with Crippen molar-refractivity contribution in [3.05, 3.63) is 71.6 Å². The molecule has 2 aromatic rings. The van der Waals surface area contributed by atoms with E-state index in [0.717, 1.165) is 0 Å². The molecule has 2 aliphatic rings. The molecule has 0 unspecified atom stereocenters. The van der Waals surface area contributed by atoms with Gasteiger partial charge in [0.1, 0.15) is 24.4 Å². The number of alkyl halides is 6. The number of nitrogens with one attached hydrogen (secondary N) is 1. The smallest absolute Gasteiger partial charge is 0.407 e. The van der Waals surface area contributed by atoms with Gasteiger partial charge in [-0.15, -0.1) is 0 Å². The van der Waals surface area contributed by atoms with E-state index >= 15 is 0 Å². The lowest BCUT2D eigenvalue weighted by Gasteiger charge is -2.18. The summed E-state index contributed by atoms with van der Waals surface area (Å²) in [5, 5.41) is 12.3. The van der Waals surface area contributed by atoms with Crippen LogP contribution in [0.15, 0.2) is 70.1 Å². The second-order valence-corrected chi connectivity index (χ2v) is 7.62. The van der Waals surface area contributed by atoms with E-state index in [1.165, 1.54) is 48.5 Å². The Hall–Kier alpha value is -4.02. The molecular formula is C24H16F6N2O3. The number of hydrogen-bond acceptors (Lipinski definition) is 4. The molecule has 0 fully saturated rings. The standard InChI is InChI=1S/C24H16F6N2O3/c25-23(26,27)11-31-13-5-7-17-19(9-13)35-20-10-14(32-12-24(28,29)30)6-8-18(20)21(17)15-3-1-2-4-16(15)22(33)34/h1-10,31H,11-12H2,(H,33,34). The summed E-state index contributed by atoms with van der Waals surface area (Å²) in [4.78, 5) is 15.4. The third kappa shape index (κ3) is 5.56.